The zero-order valence-electron chi connectivity index (χ0n) is 11.9. The molecule has 0 spiro atoms. The first-order chi connectivity index (χ1) is 11.1. The topological polar surface area (TPSA) is 81.8 Å². The van der Waals surface area contributed by atoms with E-state index in [1.54, 1.807) is 42.5 Å². The number of aromatic nitrogens is 1. The van der Waals surface area contributed by atoms with Gasteiger partial charge in [0.1, 0.15) is 17.0 Å². The van der Waals surface area contributed by atoms with E-state index in [2.05, 4.69) is 4.98 Å². The summed E-state index contributed by atoms with van der Waals surface area (Å²) in [5.74, 6) is 0.178. The fraction of sp³-hybridized carbons (Fsp3) is 0.125. The fourth-order valence-corrected chi connectivity index (χ4v) is 2.05. The van der Waals surface area contributed by atoms with Crippen molar-refractivity contribution in [2.75, 3.05) is 6.61 Å². The summed E-state index contributed by atoms with van der Waals surface area (Å²) in [7, 11) is 0. The van der Waals surface area contributed by atoms with Crippen LogP contribution in [0, 0.1) is 0 Å². The minimum atomic E-state index is -0.902. The Morgan fingerprint density at radius 1 is 1.17 bits per heavy atom. The van der Waals surface area contributed by atoms with Gasteiger partial charge >= 0.3 is 12.0 Å². The molecule has 0 saturated carbocycles. The molecule has 7 heteroatoms. The Morgan fingerprint density at radius 3 is 2.65 bits per heavy atom. The van der Waals surface area contributed by atoms with Crippen LogP contribution in [0.1, 0.15) is 6.42 Å². The van der Waals surface area contributed by atoms with Gasteiger partial charge in [-0.05, 0) is 42.5 Å². The quantitative estimate of drug-likeness (QED) is 0.730. The van der Waals surface area contributed by atoms with Crippen LogP contribution >= 0.6 is 11.6 Å². The number of ether oxygens (including phenoxy) is 2. The standard InChI is InChI=1S/C16H12ClNO5/c17-10-1-6-14-13(9-10)18-16(23-14)22-12-4-2-11(3-5-12)21-8-7-15(19)20/h1-6,9H,7-8H2,(H,19,20). The summed E-state index contributed by atoms with van der Waals surface area (Å²) in [5.41, 5.74) is 1.19. The number of carboxylic acids is 1. The van der Waals surface area contributed by atoms with Gasteiger partial charge in [0.15, 0.2) is 5.58 Å². The second-order valence-corrected chi connectivity index (χ2v) is 5.09. The van der Waals surface area contributed by atoms with Crippen LogP contribution < -0.4 is 9.47 Å². The Hall–Kier alpha value is -2.73. The van der Waals surface area contributed by atoms with E-state index < -0.39 is 5.97 Å². The highest BCUT2D eigenvalue weighted by molar-refractivity contribution is 6.31. The van der Waals surface area contributed by atoms with Gasteiger partial charge in [0.25, 0.3) is 0 Å². The maximum Gasteiger partial charge on any atom is 0.400 e. The Morgan fingerprint density at radius 2 is 1.91 bits per heavy atom. The van der Waals surface area contributed by atoms with Gasteiger partial charge in [-0.1, -0.05) is 11.6 Å². The van der Waals surface area contributed by atoms with E-state index in [0.29, 0.717) is 27.6 Å². The first-order valence-corrected chi connectivity index (χ1v) is 7.16. The summed E-state index contributed by atoms with van der Waals surface area (Å²) in [6, 6.07) is 11.8. The first-order valence-electron chi connectivity index (χ1n) is 6.79. The molecule has 0 fully saturated rings. The lowest BCUT2D eigenvalue weighted by Crippen LogP contribution is -2.04. The number of fused-ring (bicyclic) bond motifs is 1. The molecule has 2 aromatic carbocycles. The molecule has 0 atom stereocenters. The van der Waals surface area contributed by atoms with E-state index in [1.807, 2.05) is 0 Å². The van der Waals surface area contributed by atoms with Crippen molar-refractivity contribution in [1.82, 2.24) is 4.98 Å². The van der Waals surface area contributed by atoms with Gasteiger partial charge in [-0.15, -0.1) is 0 Å². The van der Waals surface area contributed by atoms with E-state index >= 15 is 0 Å². The average molecular weight is 334 g/mol. The van der Waals surface area contributed by atoms with Gasteiger partial charge < -0.3 is 19.0 Å². The first kappa shape index (κ1) is 15.2. The highest BCUT2D eigenvalue weighted by Gasteiger charge is 2.08. The van der Waals surface area contributed by atoms with Crippen LogP contribution in [0.3, 0.4) is 0 Å². The number of halogens is 1. The second kappa shape index (κ2) is 6.58. The van der Waals surface area contributed by atoms with Crippen LogP contribution in [0.2, 0.25) is 5.02 Å². The zero-order valence-corrected chi connectivity index (χ0v) is 12.6. The van der Waals surface area contributed by atoms with Crippen LogP contribution in [0.4, 0.5) is 0 Å². The molecule has 6 nitrogen and oxygen atoms in total. The Bertz CT molecular complexity index is 828. The molecule has 0 saturated heterocycles. The van der Waals surface area contributed by atoms with Crippen molar-refractivity contribution in [2.24, 2.45) is 0 Å². The molecule has 118 valence electrons. The molecule has 1 aromatic heterocycles. The molecule has 0 amide bonds. The third-order valence-corrected chi connectivity index (χ3v) is 3.18. The predicted octanol–water partition coefficient (Wildman–Crippen LogP) is 4.13. The summed E-state index contributed by atoms with van der Waals surface area (Å²) in [5, 5.41) is 9.12. The third kappa shape index (κ3) is 3.92. The Balaban J connectivity index is 1.66. The van der Waals surface area contributed by atoms with Crippen LogP contribution in [-0.4, -0.2) is 22.7 Å². The minimum Gasteiger partial charge on any atom is -0.493 e. The molecule has 3 aromatic rings. The molecule has 0 aliphatic carbocycles. The SMILES string of the molecule is O=C(O)CCOc1ccc(Oc2nc3cc(Cl)ccc3o2)cc1. The molecule has 0 bridgehead atoms. The number of carbonyl (C=O) groups is 1. The lowest BCUT2D eigenvalue weighted by Gasteiger charge is -2.05. The van der Waals surface area contributed by atoms with E-state index in [0.717, 1.165) is 0 Å². The van der Waals surface area contributed by atoms with Crippen LogP contribution in [-0.2, 0) is 4.79 Å². The van der Waals surface area contributed by atoms with Gasteiger partial charge in [0, 0.05) is 5.02 Å². The Labute approximate surface area is 136 Å². The second-order valence-electron chi connectivity index (χ2n) is 4.66. The number of hydrogen-bond acceptors (Lipinski definition) is 5. The fourth-order valence-electron chi connectivity index (χ4n) is 1.88. The van der Waals surface area contributed by atoms with Crippen molar-refractivity contribution in [3.05, 3.63) is 47.5 Å². The lowest BCUT2D eigenvalue weighted by atomic mass is 10.3. The molecule has 1 N–H and O–H groups in total. The van der Waals surface area contributed by atoms with Crippen LogP contribution in [0.25, 0.3) is 11.1 Å². The minimum absolute atomic E-state index is 0.0519. The van der Waals surface area contributed by atoms with Crippen molar-refractivity contribution in [1.29, 1.82) is 0 Å². The molecule has 0 unspecified atom stereocenters. The van der Waals surface area contributed by atoms with Gasteiger partial charge in [-0.25, -0.2) is 0 Å². The van der Waals surface area contributed by atoms with E-state index in [9.17, 15) is 4.79 Å². The summed E-state index contributed by atoms with van der Waals surface area (Å²) in [4.78, 5) is 14.6. The van der Waals surface area contributed by atoms with E-state index in [4.69, 9.17) is 30.6 Å². The van der Waals surface area contributed by atoms with Crippen molar-refractivity contribution >= 4 is 28.7 Å². The number of aliphatic carboxylic acids is 1. The molecular formula is C16H12ClNO5. The van der Waals surface area contributed by atoms with Crippen LogP contribution in [0.5, 0.6) is 17.6 Å². The predicted molar refractivity (Wildman–Crippen MR) is 83.3 cm³/mol. The molecule has 0 aliphatic heterocycles. The van der Waals surface area contributed by atoms with Gasteiger partial charge in [0.2, 0.25) is 0 Å². The molecular weight excluding hydrogens is 322 g/mol. The summed E-state index contributed by atoms with van der Waals surface area (Å²) < 4.78 is 16.3. The summed E-state index contributed by atoms with van der Waals surface area (Å²) in [6.07, 6.45) is 0.0609. The van der Waals surface area contributed by atoms with Crippen LogP contribution in [0.15, 0.2) is 46.9 Å². The molecule has 3 rings (SSSR count). The van der Waals surface area contributed by atoms with Crippen molar-refractivity contribution < 1.29 is 23.8 Å². The lowest BCUT2D eigenvalue weighted by molar-refractivity contribution is -0.137. The normalized spacial score (nSPS) is 10.7. The van der Waals surface area contributed by atoms with Crippen molar-refractivity contribution in [3.63, 3.8) is 0 Å². The largest absolute Gasteiger partial charge is 0.493 e. The molecule has 0 aliphatic rings. The number of nitrogens with zero attached hydrogens (tertiary/aromatic N) is 1. The number of carboxylic acid groups (broad SMARTS) is 1. The van der Waals surface area contributed by atoms with Gasteiger partial charge in [-0.2, -0.15) is 4.98 Å². The van der Waals surface area contributed by atoms with Gasteiger partial charge in [0.05, 0.1) is 13.0 Å². The number of benzene rings is 2. The highest BCUT2D eigenvalue weighted by atomic mass is 35.5. The maximum atomic E-state index is 10.4. The number of rotatable bonds is 6. The van der Waals surface area contributed by atoms with E-state index in [1.165, 1.54) is 0 Å². The third-order valence-electron chi connectivity index (χ3n) is 2.94. The highest BCUT2D eigenvalue weighted by Crippen LogP contribution is 2.28. The average Bonchev–Trinajstić information content (AvgIpc) is 2.90. The summed E-state index contributed by atoms with van der Waals surface area (Å²) >= 11 is 5.89. The molecule has 1 heterocycles. The number of oxazole rings is 1. The summed E-state index contributed by atoms with van der Waals surface area (Å²) in [6.45, 7) is 0.113. The molecule has 0 radical (unpaired) electrons. The van der Waals surface area contributed by atoms with Gasteiger partial charge in [-0.3, -0.25) is 4.79 Å². The van der Waals surface area contributed by atoms with Crippen molar-refractivity contribution in [2.45, 2.75) is 6.42 Å². The smallest absolute Gasteiger partial charge is 0.400 e. The van der Waals surface area contributed by atoms with E-state index in [-0.39, 0.29) is 19.1 Å². The number of hydrogen-bond donors (Lipinski definition) is 1. The monoisotopic (exact) mass is 333 g/mol. The Kier molecular flexibility index (Phi) is 4.34. The molecule has 23 heavy (non-hydrogen) atoms. The zero-order chi connectivity index (χ0) is 16.2. The maximum absolute atomic E-state index is 10.4. The van der Waals surface area contributed by atoms with Crippen molar-refractivity contribution in [3.8, 4) is 17.6 Å².